The van der Waals surface area contributed by atoms with Crippen LogP contribution in [0.2, 0.25) is 0 Å². The predicted octanol–water partition coefficient (Wildman–Crippen LogP) is 1.61. The molecule has 3 nitrogen and oxygen atoms in total. The van der Waals surface area contributed by atoms with Gasteiger partial charge in [-0.25, -0.2) is 0 Å². The standard InChI is InChI=1S/C12H14O3/c1-15-12(14)11(9-13)8-7-10-5-3-2-4-6-10/h2-6,9,11H,7-8H2,1H3. The number of esters is 1. The van der Waals surface area contributed by atoms with Crippen LogP contribution in [-0.4, -0.2) is 19.4 Å². The highest BCUT2D eigenvalue weighted by Crippen LogP contribution is 2.09. The van der Waals surface area contributed by atoms with Gasteiger partial charge in [-0.3, -0.25) is 4.79 Å². The van der Waals surface area contributed by atoms with E-state index in [0.29, 0.717) is 19.1 Å². The van der Waals surface area contributed by atoms with Crippen LogP contribution in [0.5, 0.6) is 0 Å². The number of ether oxygens (including phenoxy) is 1. The molecule has 0 saturated heterocycles. The first kappa shape index (κ1) is 11.4. The highest BCUT2D eigenvalue weighted by molar-refractivity contribution is 5.87. The van der Waals surface area contributed by atoms with Gasteiger partial charge in [-0.1, -0.05) is 30.3 Å². The maximum atomic E-state index is 11.1. The molecular formula is C12H14O3. The van der Waals surface area contributed by atoms with Crippen LogP contribution in [0, 0.1) is 5.92 Å². The van der Waals surface area contributed by atoms with Gasteiger partial charge in [-0.05, 0) is 18.4 Å². The Morgan fingerprint density at radius 3 is 2.60 bits per heavy atom. The Hall–Kier alpha value is -1.64. The molecule has 0 aliphatic rings. The molecule has 0 bridgehead atoms. The fourth-order valence-corrected chi connectivity index (χ4v) is 1.36. The lowest BCUT2D eigenvalue weighted by Gasteiger charge is -2.07. The summed E-state index contributed by atoms with van der Waals surface area (Å²) in [6, 6.07) is 9.74. The average molecular weight is 206 g/mol. The smallest absolute Gasteiger partial charge is 0.315 e. The first-order valence-corrected chi connectivity index (χ1v) is 4.85. The van der Waals surface area contributed by atoms with Crippen molar-refractivity contribution in [3.63, 3.8) is 0 Å². The molecule has 0 saturated carbocycles. The van der Waals surface area contributed by atoms with Crippen LogP contribution in [-0.2, 0) is 20.7 Å². The monoisotopic (exact) mass is 206 g/mol. The Balaban J connectivity index is 2.48. The van der Waals surface area contributed by atoms with Crippen molar-refractivity contribution < 1.29 is 14.3 Å². The van der Waals surface area contributed by atoms with E-state index in [2.05, 4.69) is 4.74 Å². The molecule has 3 heteroatoms. The van der Waals surface area contributed by atoms with E-state index >= 15 is 0 Å². The number of carbonyl (C=O) groups excluding carboxylic acids is 2. The molecule has 80 valence electrons. The summed E-state index contributed by atoms with van der Waals surface area (Å²) in [4.78, 5) is 21.7. The van der Waals surface area contributed by atoms with Crippen molar-refractivity contribution in [1.29, 1.82) is 0 Å². The van der Waals surface area contributed by atoms with E-state index in [1.54, 1.807) is 0 Å². The molecule has 0 aromatic heterocycles. The molecule has 0 aliphatic heterocycles. The molecule has 1 aromatic rings. The second-order valence-corrected chi connectivity index (χ2v) is 3.29. The van der Waals surface area contributed by atoms with Crippen LogP contribution in [0.3, 0.4) is 0 Å². The van der Waals surface area contributed by atoms with Gasteiger partial charge < -0.3 is 9.53 Å². The third-order valence-corrected chi connectivity index (χ3v) is 2.26. The van der Waals surface area contributed by atoms with E-state index in [-0.39, 0.29) is 0 Å². The van der Waals surface area contributed by atoms with Crippen molar-refractivity contribution in [2.24, 2.45) is 5.92 Å². The van der Waals surface area contributed by atoms with E-state index in [1.165, 1.54) is 7.11 Å². The van der Waals surface area contributed by atoms with Crippen molar-refractivity contribution in [1.82, 2.24) is 0 Å². The summed E-state index contributed by atoms with van der Waals surface area (Å²) in [7, 11) is 1.29. The van der Waals surface area contributed by atoms with Crippen molar-refractivity contribution in [3.8, 4) is 0 Å². The lowest BCUT2D eigenvalue weighted by atomic mass is 10.0. The Labute approximate surface area is 89.1 Å². The van der Waals surface area contributed by atoms with E-state index in [9.17, 15) is 9.59 Å². The van der Waals surface area contributed by atoms with Gasteiger partial charge >= 0.3 is 5.97 Å². The van der Waals surface area contributed by atoms with Crippen molar-refractivity contribution in [2.75, 3.05) is 7.11 Å². The van der Waals surface area contributed by atoms with Gasteiger partial charge in [0.15, 0.2) is 0 Å². The molecule has 0 spiro atoms. The number of aldehydes is 1. The SMILES string of the molecule is COC(=O)C(C=O)CCc1ccccc1. The Bertz CT molecular complexity index is 319. The topological polar surface area (TPSA) is 43.4 Å². The molecule has 0 amide bonds. The first-order chi connectivity index (χ1) is 7.27. The third-order valence-electron chi connectivity index (χ3n) is 2.26. The molecule has 0 N–H and O–H groups in total. The van der Waals surface area contributed by atoms with Gasteiger partial charge in [0.05, 0.1) is 7.11 Å². The number of benzene rings is 1. The van der Waals surface area contributed by atoms with Crippen LogP contribution in [0.1, 0.15) is 12.0 Å². The summed E-state index contributed by atoms with van der Waals surface area (Å²) in [5.41, 5.74) is 1.12. The zero-order valence-corrected chi connectivity index (χ0v) is 8.68. The summed E-state index contributed by atoms with van der Waals surface area (Å²) in [5, 5.41) is 0. The normalized spacial score (nSPS) is 11.8. The number of carbonyl (C=O) groups is 2. The summed E-state index contributed by atoms with van der Waals surface area (Å²) < 4.78 is 4.52. The zero-order valence-electron chi connectivity index (χ0n) is 8.68. The van der Waals surface area contributed by atoms with Gasteiger partial charge in [0, 0.05) is 0 Å². The largest absolute Gasteiger partial charge is 0.468 e. The molecule has 0 heterocycles. The molecule has 1 atom stereocenters. The van der Waals surface area contributed by atoms with Crippen LogP contribution in [0.15, 0.2) is 30.3 Å². The summed E-state index contributed by atoms with van der Waals surface area (Å²) >= 11 is 0. The van der Waals surface area contributed by atoms with Crippen LogP contribution < -0.4 is 0 Å². The van der Waals surface area contributed by atoms with E-state index in [4.69, 9.17) is 0 Å². The highest BCUT2D eigenvalue weighted by atomic mass is 16.5. The lowest BCUT2D eigenvalue weighted by Crippen LogP contribution is -2.18. The number of aryl methyl sites for hydroxylation is 1. The van der Waals surface area contributed by atoms with Crippen molar-refractivity contribution in [2.45, 2.75) is 12.8 Å². The predicted molar refractivity (Wildman–Crippen MR) is 56.3 cm³/mol. The second-order valence-electron chi connectivity index (χ2n) is 3.29. The van der Waals surface area contributed by atoms with Gasteiger partial charge in [-0.2, -0.15) is 0 Å². The lowest BCUT2D eigenvalue weighted by molar-refractivity contribution is -0.147. The summed E-state index contributed by atoms with van der Waals surface area (Å²) in [6.07, 6.45) is 1.86. The van der Waals surface area contributed by atoms with Gasteiger partial charge in [0.25, 0.3) is 0 Å². The van der Waals surface area contributed by atoms with Gasteiger partial charge in [0.2, 0.25) is 0 Å². The van der Waals surface area contributed by atoms with Gasteiger partial charge in [-0.15, -0.1) is 0 Å². The van der Waals surface area contributed by atoms with E-state index in [1.807, 2.05) is 30.3 Å². The number of hydrogen-bond donors (Lipinski definition) is 0. The Morgan fingerprint density at radius 2 is 2.07 bits per heavy atom. The quantitative estimate of drug-likeness (QED) is 0.417. The minimum Gasteiger partial charge on any atom is -0.468 e. The maximum absolute atomic E-state index is 11.1. The fraction of sp³-hybridized carbons (Fsp3) is 0.333. The third kappa shape index (κ3) is 3.54. The molecule has 0 radical (unpaired) electrons. The molecular weight excluding hydrogens is 192 g/mol. The maximum Gasteiger partial charge on any atom is 0.315 e. The number of hydrogen-bond acceptors (Lipinski definition) is 3. The molecule has 0 aliphatic carbocycles. The van der Waals surface area contributed by atoms with Crippen molar-refractivity contribution >= 4 is 12.3 Å². The summed E-state index contributed by atoms with van der Waals surface area (Å²) in [6.45, 7) is 0. The first-order valence-electron chi connectivity index (χ1n) is 4.85. The van der Waals surface area contributed by atoms with E-state index in [0.717, 1.165) is 5.56 Å². The minimum absolute atomic E-state index is 0.457. The highest BCUT2D eigenvalue weighted by Gasteiger charge is 2.17. The average Bonchev–Trinajstić information content (AvgIpc) is 2.31. The minimum atomic E-state index is -0.643. The second kappa shape index (κ2) is 5.96. The summed E-state index contributed by atoms with van der Waals surface area (Å²) in [5.74, 6) is -1.10. The Kier molecular flexibility index (Phi) is 4.54. The van der Waals surface area contributed by atoms with Crippen molar-refractivity contribution in [3.05, 3.63) is 35.9 Å². The molecule has 1 rings (SSSR count). The zero-order chi connectivity index (χ0) is 11.1. The number of methoxy groups -OCH3 is 1. The fourth-order valence-electron chi connectivity index (χ4n) is 1.36. The molecule has 1 unspecified atom stereocenters. The molecule has 1 aromatic carbocycles. The van der Waals surface area contributed by atoms with Crippen LogP contribution in [0.25, 0.3) is 0 Å². The molecule has 15 heavy (non-hydrogen) atoms. The van der Waals surface area contributed by atoms with E-state index < -0.39 is 11.9 Å². The molecule has 0 fully saturated rings. The van der Waals surface area contributed by atoms with Crippen LogP contribution >= 0.6 is 0 Å². The van der Waals surface area contributed by atoms with Crippen LogP contribution in [0.4, 0.5) is 0 Å². The number of rotatable bonds is 5. The Morgan fingerprint density at radius 1 is 1.40 bits per heavy atom. The van der Waals surface area contributed by atoms with Gasteiger partial charge in [0.1, 0.15) is 12.2 Å².